The maximum Gasteiger partial charge on any atom is 0.406 e. The van der Waals surface area contributed by atoms with Crippen LogP contribution in [-0.4, -0.2) is 23.5 Å². The Kier molecular flexibility index (Phi) is 4.90. The second-order valence-electron chi connectivity index (χ2n) is 4.48. The van der Waals surface area contributed by atoms with Gasteiger partial charge in [0.05, 0.1) is 18.4 Å². The van der Waals surface area contributed by atoms with Gasteiger partial charge in [0.2, 0.25) is 0 Å². The standard InChI is InChI=1S/C14H10BrF4NO2/c15-9-3-4-12(16)11(6-9)13(21)20(8-14(17,18)19)7-10-2-1-5-22-10/h1-6H,7-8H2. The molecular weight excluding hydrogens is 370 g/mol. The van der Waals surface area contributed by atoms with Crippen LogP contribution in [0.15, 0.2) is 45.5 Å². The molecule has 0 unspecified atom stereocenters. The van der Waals surface area contributed by atoms with E-state index in [0.717, 1.165) is 12.1 Å². The van der Waals surface area contributed by atoms with Crippen molar-refractivity contribution in [3.8, 4) is 0 Å². The van der Waals surface area contributed by atoms with Crippen LogP contribution >= 0.6 is 15.9 Å². The van der Waals surface area contributed by atoms with Crippen LogP contribution < -0.4 is 0 Å². The van der Waals surface area contributed by atoms with Gasteiger partial charge in [-0.3, -0.25) is 4.79 Å². The minimum absolute atomic E-state index is 0.174. The van der Waals surface area contributed by atoms with Gasteiger partial charge in [-0.15, -0.1) is 0 Å². The number of hydrogen-bond donors (Lipinski definition) is 0. The lowest BCUT2D eigenvalue weighted by Gasteiger charge is -2.23. The largest absolute Gasteiger partial charge is 0.467 e. The van der Waals surface area contributed by atoms with Crippen LogP contribution in [0.3, 0.4) is 0 Å². The normalized spacial score (nSPS) is 11.5. The first-order chi connectivity index (χ1) is 10.3. The summed E-state index contributed by atoms with van der Waals surface area (Å²) in [5.41, 5.74) is -0.440. The third-order valence-corrected chi connectivity index (χ3v) is 3.24. The minimum Gasteiger partial charge on any atom is -0.467 e. The van der Waals surface area contributed by atoms with Crippen LogP contribution in [0, 0.1) is 5.82 Å². The highest BCUT2D eigenvalue weighted by atomic mass is 79.9. The Labute approximate surface area is 131 Å². The maximum atomic E-state index is 13.7. The lowest BCUT2D eigenvalue weighted by atomic mass is 10.2. The Bertz CT molecular complexity index is 655. The fourth-order valence-corrected chi connectivity index (χ4v) is 2.20. The van der Waals surface area contributed by atoms with E-state index in [4.69, 9.17) is 4.42 Å². The highest BCUT2D eigenvalue weighted by molar-refractivity contribution is 9.10. The molecule has 0 aliphatic rings. The summed E-state index contributed by atoms with van der Waals surface area (Å²) in [4.78, 5) is 12.7. The minimum atomic E-state index is -4.61. The van der Waals surface area contributed by atoms with Gasteiger partial charge in [-0.1, -0.05) is 15.9 Å². The van der Waals surface area contributed by atoms with Crippen molar-refractivity contribution in [2.45, 2.75) is 12.7 Å². The van der Waals surface area contributed by atoms with E-state index < -0.39 is 36.6 Å². The maximum absolute atomic E-state index is 13.7. The summed E-state index contributed by atoms with van der Waals surface area (Å²) < 4.78 is 57.1. The zero-order valence-corrected chi connectivity index (χ0v) is 12.6. The van der Waals surface area contributed by atoms with E-state index in [1.165, 1.54) is 24.5 Å². The second kappa shape index (κ2) is 6.51. The molecule has 3 nitrogen and oxygen atoms in total. The van der Waals surface area contributed by atoms with E-state index in [1.807, 2.05) is 0 Å². The van der Waals surface area contributed by atoms with Crippen molar-refractivity contribution in [3.05, 3.63) is 58.2 Å². The fraction of sp³-hybridized carbons (Fsp3) is 0.214. The Morgan fingerprint density at radius 2 is 2.00 bits per heavy atom. The summed E-state index contributed by atoms with van der Waals surface area (Å²) in [6.45, 7) is -1.91. The van der Waals surface area contributed by atoms with Gasteiger partial charge < -0.3 is 9.32 Å². The molecular formula is C14H10BrF4NO2. The average molecular weight is 380 g/mol. The smallest absolute Gasteiger partial charge is 0.406 e. The van der Waals surface area contributed by atoms with Crippen molar-refractivity contribution in [1.82, 2.24) is 4.90 Å². The lowest BCUT2D eigenvalue weighted by molar-refractivity contribution is -0.142. The third kappa shape index (κ3) is 4.33. The molecule has 2 rings (SSSR count). The van der Waals surface area contributed by atoms with Gasteiger partial charge in [0.1, 0.15) is 18.1 Å². The van der Waals surface area contributed by atoms with Crippen molar-refractivity contribution in [1.29, 1.82) is 0 Å². The van der Waals surface area contributed by atoms with Crippen molar-refractivity contribution >= 4 is 21.8 Å². The van der Waals surface area contributed by atoms with Crippen LogP contribution in [0.25, 0.3) is 0 Å². The Balaban J connectivity index is 2.30. The molecule has 0 fully saturated rings. The first kappa shape index (κ1) is 16.5. The molecule has 0 aliphatic carbocycles. The van der Waals surface area contributed by atoms with Gasteiger partial charge in [0.15, 0.2) is 0 Å². The number of benzene rings is 1. The van der Waals surface area contributed by atoms with Gasteiger partial charge in [-0.05, 0) is 30.3 Å². The molecule has 22 heavy (non-hydrogen) atoms. The highest BCUT2D eigenvalue weighted by Gasteiger charge is 2.34. The number of amides is 1. The van der Waals surface area contributed by atoms with Crippen LogP contribution in [0.1, 0.15) is 16.1 Å². The molecule has 0 saturated heterocycles. The van der Waals surface area contributed by atoms with Crippen molar-refractivity contribution in [2.24, 2.45) is 0 Å². The molecule has 118 valence electrons. The van der Waals surface area contributed by atoms with E-state index >= 15 is 0 Å². The number of carbonyl (C=O) groups is 1. The van der Waals surface area contributed by atoms with Crippen LogP contribution in [0.5, 0.6) is 0 Å². The summed E-state index contributed by atoms with van der Waals surface area (Å²) in [5.74, 6) is -1.78. The Morgan fingerprint density at radius 3 is 2.59 bits per heavy atom. The Hall–Kier alpha value is -1.83. The predicted molar refractivity (Wildman–Crippen MR) is 73.6 cm³/mol. The molecule has 1 aromatic heterocycles. The molecule has 0 N–H and O–H groups in total. The zero-order chi connectivity index (χ0) is 16.3. The van der Waals surface area contributed by atoms with Crippen LogP contribution in [0.4, 0.5) is 17.6 Å². The molecule has 8 heteroatoms. The van der Waals surface area contributed by atoms with Gasteiger partial charge in [-0.2, -0.15) is 13.2 Å². The summed E-state index contributed by atoms with van der Waals surface area (Å²) in [6.07, 6.45) is -3.32. The van der Waals surface area contributed by atoms with Crippen LogP contribution in [0.2, 0.25) is 0 Å². The molecule has 0 radical (unpaired) electrons. The first-order valence-corrected chi connectivity index (χ1v) is 6.89. The number of hydrogen-bond acceptors (Lipinski definition) is 2. The summed E-state index contributed by atoms with van der Waals surface area (Å²) in [6, 6.07) is 6.44. The van der Waals surface area contributed by atoms with Gasteiger partial charge >= 0.3 is 6.18 Å². The van der Waals surface area contributed by atoms with Gasteiger partial charge in [0, 0.05) is 4.47 Å². The third-order valence-electron chi connectivity index (χ3n) is 2.74. The molecule has 1 aromatic carbocycles. The molecule has 0 aliphatic heterocycles. The van der Waals surface area contributed by atoms with Crippen molar-refractivity contribution in [3.63, 3.8) is 0 Å². The van der Waals surface area contributed by atoms with Crippen LogP contribution in [-0.2, 0) is 6.54 Å². The van der Waals surface area contributed by atoms with Gasteiger partial charge in [0.25, 0.3) is 5.91 Å². The van der Waals surface area contributed by atoms with E-state index in [2.05, 4.69) is 15.9 Å². The topological polar surface area (TPSA) is 33.5 Å². The molecule has 2 aromatic rings. The van der Waals surface area contributed by atoms with E-state index in [0.29, 0.717) is 9.37 Å². The van der Waals surface area contributed by atoms with Gasteiger partial charge in [-0.25, -0.2) is 4.39 Å². The number of furan rings is 1. The molecule has 0 atom stereocenters. The first-order valence-electron chi connectivity index (χ1n) is 6.10. The van der Waals surface area contributed by atoms with E-state index in [9.17, 15) is 22.4 Å². The molecule has 0 bridgehead atoms. The van der Waals surface area contributed by atoms with E-state index in [1.54, 1.807) is 0 Å². The number of halogens is 5. The number of alkyl halides is 3. The zero-order valence-electron chi connectivity index (χ0n) is 11.0. The SMILES string of the molecule is O=C(c1cc(Br)ccc1F)N(Cc1ccco1)CC(F)(F)F. The van der Waals surface area contributed by atoms with Crippen molar-refractivity contribution in [2.75, 3.05) is 6.54 Å². The Morgan fingerprint density at radius 1 is 1.27 bits per heavy atom. The fourth-order valence-electron chi connectivity index (χ4n) is 1.84. The second-order valence-corrected chi connectivity index (χ2v) is 5.40. The number of nitrogens with zero attached hydrogens (tertiary/aromatic N) is 1. The highest BCUT2D eigenvalue weighted by Crippen LogP contribution is 2.23. The van der Waals surface area contributed by atoms with Crippen molar-refractivity contribution < 1.29 is 26.8 Å². The summed E-state index contributed by atoms with van der Waals surface area (Å²) in [7, 11) is 0. The average Bonchev–Trinajstić information content (AvgIpc) is 2.91. The quantitative estimate of drug-likeness (QED) is 0.738. The summed E-state index contributed by atoms with van der Waals surface area (Å²) >= 11 is 3.06. The predicted octanol–water partition coefficient (Wildman–Crippen LogP) is 4.39. The molecule has 0 saturated carbocycles. The number of rotatable bonds is 4. The number of carbonyl (C=O) groups excluding carboxylic acids is 1. The summed E-state index contributed by atoms with van der Waals surface area (Å²) in [5, 5.41) is 0. The molecule has 0 spiro atoms. The van der Waals surface area contributed by atoms with E-state index in [-0.39, 0.29) is 5.76 Å². The molecule has 1 amide bonds. The lowest BCUT2D eigenvalue weighted by Crippen LogP contribution is -2.38. The monoisotopic (exact) mass is 379 g/mol. The molecule has 1 heterocycles.